The van der Waals surface area contributed by atoms with E-state index in [0.29, 0.717) is 6.61 Å². The van der Waals surface area contributed by atoms with E-state index >= 15 is 0 Å². The average Bonchev–Trinajstić information content (AvgIpc) is 1.94. The van der Waals surface area contributed by atoms with Gasteiger partial charge in [-0.1, -0.05) is 0 Å². The highest BCUT2D eigenvalue weighted by atomic mass is 16.5. The summed E-state index contributed by atoms with van der Waals surface area (Å²) in [4.78, 5) is 12.2. The Bertz CT molecular complexity index is 127. The Balaban J connectivity index is 2.45. The first-order valence-corrected chi connectivity index (χ1v) is 3.56. The number of amides is 1. The van der Waals surface area contributed by atoms with Gasteiger partial charge < -0.3 is 9.64 Å². The van der Waals surface area contributed by atoms with Crippen LogP contribution in [0.25, 0.3) is 0 Å². The zero-order chi connectivity index (χ0) is 7.56. The van der Waals surface area contributed by atoms with Crippen LogP contribution in [-0.2, 0) is 9.53 Å². The lowest BCUT2D eigenvalue weighted by Gasteiger charge is -2.33. The third-order valence-corrected chi connectivity index (χ3v) is 1.79. The van der Waals surface area contributed by atoms with E-state index in [-0.39, 0.29) is 12.1 Å². The molecule has 1 heterocycles. The van der Waals surface area contributed by atoms with Gasteiger partial charge in [-0.15, -0.1) is 0 Å². The zero-order valence-electron chi connectivity index (χ0n) is 6.41. The fraction of sp³-hybridized carbons (Fsp3) is 0.857. The lowest BCUT2D eigenvalue weighted by atomic mass is 10.2. The predicted octanol–water partition coefficient (Wildman–Crippen LogP) is 0.252. The Kier molecular flexibility index (Phi) is 2.27. The van der Waals surface area contributed by atoms with Gasteiger partial charge in [0.15, 0.2) is 0 Å². The van der Waals surface area contributed by atoms with Crippen LogP contribution >= 0.6 is 0 Å². The van der Waals surface area contributed by atoms with E-state index in [9.17, 15) is 4.79 Å². The van der Waals surface area contributed by atoms with Gasteiger partial charge in [-0.05, 0) is 13.8 Å². The Morgan fingerprint density at radius 1 is 1.60 bits per heavy atom. The smallest absolute Gasteiger partial charge is 0.210 e. The van der Waals surface area contributed by atoms with Crippen molar-refractivity contribution in [2.75, 3.05) is 13.2 Å². The first-order valence-electron chi connectivity index (χ1n) is 3.56. The van der Waals surface area contributed by atoms with Gasteiger partial charge in [0, 0.05) is 6.54 Å². The standard InChI is InChI=1S/C7H13NO2/c1-6-4-10-7(2)3-8(6)5-9/h5-7H,3-4H2,1-2H3. The molecule has 2 unspecified atom stereocenters. The second kappa shape index (κ2) is 3.01. The van der Waals surface area contributed by atoms with E-state index in [0.717, 1.165) is 13.0 Å². The summed E-state index contributed by atoms with van der Waals surface area (Å²) in [7, 11) is 0. The van der Waals surface area contributed by atoms with Gasteiger partial charge in [0.2, 0.25) is 6.41 Å². The molecule has 0 bridgehead atoms. The van der Waals surface area contributed by atoms with E-state index in [2.05, 4.69) is 0 Å². The van der Waals surface area contributed by atoms with Crippen molar-refractivity contribution in [3.05, 3.63) is 0 Å². The maximum Gasteiger partial charge on any atom is 0.210 e. The molecule has 2 atom stereocenters. The largest absolute Gasteiger partial charge is 0.375 e. The van der Waals surface area contributed by atoms with Crippen molar-refractivity contribution >= 4 is 6.41 Å². The van der Waals surface area contributed by atoms with Crippen LogP contribution in [0, 0.1) is 0 Å². The van der Waals surface area contributed by atoms with Crippen molar-refractivity contribution in [2.24, 2.45) is 0 Å². The summed E-state index contributed by atoms with van der Waals surface area (Å²) in [5.74, 6) is 0. The molecule has 3 nitrogen and oxygen atoms in total. The molecule has 0 aliphatic carbocycles. The summed E-state index contributed by atoms with van der Waals surface area (Å²) in [5, 5.41) is 0. The number of hydrogen-bond donors (Lipinski definition) is 0. The summed E-state index contributed by atoms with van der Waals surface area (Å²) < 4.78 is 5.32. The quantitative estimate of drug-likeness (QED) is 0.492. The molecule has 0 radical (unpaired) electrons. The molecule has 1 rings (SSSR count). The molecular formula is C7H13NO2. The molecule has 3 heteroatoms. The Morgan fingerprint density at radius 3 is 2.80 bits per heavy atom. The number of hydrogen-bond acceptors (Lipinski definition) is 2. The highest BCUT2D eigenvalue weighted by Crippen LogP contribution is 2.07. The number of carbonyl (C=O) groups is 1. The van der Waals surface area contributed by atoms with Crippen molar-refractivity contribution < 1.29 is 9.53 Å². The van der Waals surface area contributed by atoms with Gasteiger partial charge >= 0.3 is 0 Å². The predicted molar refractivity (Wildman–Crippen MR) is 37.6 cm³/mol. The number of carbonyl (C=O) groups excluding carboxylic acids is 1. The van der Waals surface area contributed by atoms with E-state index in [1.165, 1.54) is 0 Å². The second-order valence-corrected chi connectivity index (χ2v) is 2.80. The highest BCUT2D eigenvalue weighted by molar-refractivity contribution is 5.47. The van der Waals surface area contributed by atoms with Crippen LogP contribution < -0.4 is 0 Å². The Morgan fingerprint density at radius 2 is 2.30 bits per heavy atom. The summed E-state index contributed by atoms with van der Waals surface area (Å²) in [6.07, 6.45) is 1.09. The van der Waals surface area contributed by atoms with Gasteiger partial charge in [0.05, 0.1) is 18.8 Å². The first-order chi connectivity index (χ1) is 4.74. The minimum absolute atomic E-state index is 0.196. The van der Waals surface area contributed by atoms with Crippen molar-refractivity contribution in [3.63, 3.8) is 0 Å². The van der Waals surface area contributed by atoms with E-state index in [1.54, 1.807) is 4.90 Å². The Labute approximate surface area is 61.0 Å². The number of rotatable bonds is 1. The van der Waals surface area contributed by atoms with Gasteiger partial charge in [-0.2, -0.15) is 0 Å². The van der Waals surface area contributed by atoms with Crippen LogP contribution in [0.1, 0.15) is 13.8 Å². The third kappa shape index (κ3) is 1.48. The van der Waals surface area contributed by atoms with E-state index in [1.807, 2.05) is 13.8 Å². The fourth-order valence-corrected chi connectivity index (χ4v) is 1.08. The van der Waals surface area contributed by atoms with Crippen LogP contribution in [0.3, 0.4) is 0 Å². The summed E-state index contributed by atoms with van der Waals surface area (Å²) in [6, 6.07) is 0.244. The number of ether oxygens (including phenoxy) is 1. The van der Waals surface area contributed by atoms with Crippen LogP contribution in [0.2, 0.25) is 0 Å². The monoisotopic (exact) mass is 143 g/mol. The van der Waals surface area contributed by atoms with Crippen molar-refractivity contribution in [3.8, 4) is 0 Å². The maximum absolute atomic E-state index is 10.4. The molecule has 1 aliphatic heterocycles. The summed E-state index contributed by atoms with van der Waals surface area (Å²) >= 11 is 0. The van der Waals surface area contributed by atoms with Crippen molar-refractivity contribution in [1.82, 2.24) is 4.90 Å². The number of morpholine rings is 1. The molecule has 0 aromatic carbocycles. The summed E-state index contributed by atoms with van der Waals surface area (Å²) in [6.45, 7) is 5.35. The van der Waals surface area contributed by atoms with Gasteiger partial charge in [0.25, 0.3) is 0 Å². The lowest BCUT2D eigenvalue weighted by molar-refractivity contribution is -0.129. The fourth-order valence-electron chi connectivity index (χ4n) is 1.08. The van der Waals surface area contributed by atoms with Crippen molar-refractivity contribution in [1.29, 1.82) is 0 Å². The molecule has 58 valence electrons. The van der Waals surface area contributed by atoms with Crippen LogP contribution in [0.15, 0.2) is 0 Å². The summed E-state index contributed by atoms with van der Waals surface area (Å²) in [5.41, 5.74) is 0. The van der Waals surface area contributed by atoms with Crippen LogP contribution in [-0.4, -0.2) is 36.6 Å². The average molecular weight is 143 g/mol. The molecule has 1 aliphatic rings. The van der Waals surface area contributed by atoms with Gasteiger partial charge in [-0.25, -0.2) is 0 Å². The second-order valence-electron chi connectivity index (χ2n) is 2.80. The maximum atomic E-state index is 10.4. The molecule has 0 N–H and O–H groups in total. The Hall–Kier alpha value is -0.570. The minimum Gasteiger partial charge on any atom is -0.375 e. The molecule has 0 aromatic heterocycles. The van der Waals surface area contributed by atoms with Gasteiger partial charge in [-0.3, -0.25) is 4.79 Å². The van der Waals surface area contributed by atoms with Crippen LogP contribution in [0.4, 0.5) is 0 Å². The molecule has 1 amide bonds. The topological polar surface area (TPSA) is 29.5 Å². The molecule has 0 spiro atoms. The number of nitrogens with zero attached hydrogens (tertiary/aromatic N) is 1. The van der Waals surface area contributed by atoms with E-state index < -0.39 is 0 Å². The molecule has 1 saturated heterocycles. The zero-order valence-corrected chi connectivity index (χ0v) is 6.41. The molecule has 10 heavy (non-hydrogen) atoms. The van der Waals surface area contributed by atoms with E-state index in [4.69, 9.17) is 4.74 Å². The third-order valence-electron chi connectivity index (χ3n) is 1.79. The molecule has 1 fully saturated rings. The SMILES string of the molecule is CC1CN(C=O)C(C)CO1. The normalized spacial score (nSPS) is 34.0. The van der Waals surface area contributed by atoms with Crippen molar-refractivity contribution in [2.45, 2.75) is 26.0 Å². The van der Waals surface area contributed by atoms with Gasteiger partial charge in [0.1, 0.15) is 0 Å². The minimum atomic E-state index is 0.196. The van der Waals surface area contributed by atoms with Crippen LogP contribution in [0.5, 0.6) is 0 Å². The molecular weight excluding hydrogens is 130 g/mol. The molecule has 0 saturated carbocycles. The molecule has 0 aromatic rings. The highest BCUT2D eigenvalue weighted by Gasteiger charge is 2.21. The first kappa shape index (κ1) is 7.54. The lowest BCUT2D eigenvalue weighted by Crippen LogP contribution is -2.46.